The van der Waals surface area contributed by atoms with Gasteiger partial charge in [-0.25, -0.2) is 0 Å². The highest BCUT2D eigenvalue weighted by atomic mass is 127. The molecule has 0 spiro atoms. The molecule has 1 saturated heterocycles. The van der Waals surface area contributed by atoms with Crippen molar-refractivity contribution in [2.24, 2.45) is 12.0 Å². The molecule has 2 N–H and O–H groups in total. The molecule has 0 bridgehead atoms. The van der Waals surface area contributed by atoms with Crippen molar-refractivity contribution in [1.29, 1.82) is 0 Å². The smallest absolute Gasteiger partial charge is 0.251 e. The van der Waals surface area contributed by atoms with Gasteiger partial charge < -0.3 is 15.5 Å². The predicted molar refractivity (Wildman–Crippen MR) is 122 cm³/mol. The Labute approximate surface area is 183 Å². The Hall–Kier alpha value is -2.10. The highest BCUT2D eigenvalue weighted by Gasteiger charge is 2.26. The summed E-state index contributed by atoms with van der Waals surface area (Å²) in [6.07, 6.45) is 5.16. The lowest BCUT2D eigenvalue weighted by Crippen LogP contribution is -2.39. The first-order valence-electron chi connectivity index (χ1n) is 9.42. The summed E-state index contributed by atoms with van der Waals surface area (Å²) in [6, 6.07) is 7.68. The van der Waals surface area contributed by atoms with Crippen LogP contribution in [-0.2, 0) is 13.6 Å². The van der Waals surface area contributed by atoms with E-state index in [-0.39, 0.29) is 29.9 Å². The van der Waals surface area contributed by atoms with Gasteiger partial charge in [0, 0.05) is 58.0 Å². The van der Waals surface area contributed by atoms with Crippen molar-refractivity contribution in [1.82, 2.24) is 25.3 Å². The summed E-state index contributed by atoms with van der Waals surface area (Å²) >= 11 is 0. The Morgan fingerprint density at radius 1 is 1.29 bits per heavy atom. The number of nitrogens with one attached hydrogen (secondary N) is 2. The summed E-state index contributed by atoms with van der Waals surface area (Å²) in [5.41, 5.74) is 3.09. The average Bonchev–Trinajstić information content (AvgIpc) is 3.32. The molecule has 1 amide bonds. The van der Waals surface area contributed by atoms with Gasteiger partial charge in [-0.2, -0.15) is 5.10 Å². The van der Waals surface area contributed by atoms with Crippen LogP contribution in [-0.4, -0.2) is 53.2 Å². The van der Waals surface area contributed by atoms with E-state index >= 15 is 0 Å². The number of hydrogen-bond acceptors (Lipinski definition) is 3. The first-order valence-corrected chi connectivity index (χ1v) is 9.42. The van der Waals surface area contributed by atoms with Crippen LogP contribution in [0.4, 0.5) is 0 Å². The lowest BCUT2D eigenvalue weighted by Gasteiger charge is -2.21. The van der Waals surface area contributed by atoms with Crippen LogP contribution in [0.1, 0.15) is 40.7 Å². The third-order valence-corrected chi connectivity index (χ3v) is 4.90. The molecular weight excluding hydrogens is 467 g/mol. The lowest BCUT2D eigenvalue weighted by atomic mass is 10.0. The number of aliphatic imine (C=N–C) groups is 1. The monoisotopic (exact) mass is 496 g/mol. The molecule has 0 saturated carbocycles. The van der Waals surface area contributed by atoms with Crippen LogP contribution in [0.25, 0.3) is 0 Å². The largest absolute Gasteiger partial charge is 0.352 e. The number of nitrogens with zero attached hydrogens (tertiary/aromatic N) is 4. The van der Waals surface area contributed by atoms with Crippen molar-refractivity contribution in [3.8, 4) is 0 Å². The van der Waals surface area contributed by atoms with Crippen molar-refractivity contribution in [2.75, 3.05) is 26.7 Å². The highest BCUT2D eigenvalue weighted by molar-refractivity contribution is 14.0. The fourth-order valence-electron chi connectivity index (χ4n) is 3.43. The fourth-order valence-corrected chi connectivity index (χ4v) is 3.43. The summed E-state index contributed by atoms with van der Waals surface area (Å²) in [5.74, 6) is 1.37. The van der Waals surface area contributed by atoms with E-state index in [1.807, 2.05) is 56.2 Å². The van der Waals surface area contributed by atoms with Gasteiger partial charge in [0.1, 0.15) is 0 Å². The van der Waals surface area contributed by atoms with Crippen molar-refractivity contribution in [2.45, 2.75) is 25.8 Å². The molecule has 0 aliphatic carbocycles. The van der Waals surface area contributed by atoms with E-state index in [9.17, 15) is 4.79 Å². The Morgan fingerprint density at radius 3 is 2.64 bits per heavy atom. The number of likely N-dealkylation sites (tertiary alicyclic amines) is 1. The second-order valence-electron chi connectivity index (χ2n) is 6.84. The number of aryl methyl sites for hydroxylation is 1. The standard InChI is InChI=1S/C20H28N6O.HI/c1-4-22-19(27)16-7-5-15(6-8-16)11-23-20(21-2)26-10-9-17(14-26)18-12-24-25(3)13-18;/h5-8,12-13,17H,4,9-11,14H2,1-3H3,(H,21,23)(H,22,27);1H. The molecule has 1 atom stereocenters. The molecule has 3 rings (SSSR count). The summed E-state index contributed by atoms with van der Waals surface area (Å²) in [6.45, 7) is 5.15. The van der Waals surface area contributed by atoms with Crippen LogP contribution in [0.2, 0.25) is 0 Å². The summed E-state index contributed by atoms with van der Waals surface area (Å²) in [4.78, 5) is 18.6. The third kappa shape index (κ3) is 5.46. The van der Waals surface area contributed by atoms with Crippen LogP contribution in [0.15, 0.2) is 41.7 Å². The number of guanidine groups is 1. The first kappa shape index (κ1) is 22.2. The predicted octanol–water partition coefficient (Wildman–Crippen LogP) is 2.35. The second-order valence-corrected chi connectivity index (χ2v) is 6.84. The molecule has 2 heterocycles. The summed E-state index contributed by atoms with van der Waals surface area (Å²) in [5, 5.41) is 10.5. The van der Waals surface area contributed by atoms with Crippen molar-refractivity contribution >= 4 is 35.8 Å². The van der Waals surface area contributed by atoms with Gasteiger partial charge in [-0.15, -0.1) is 24.0 Å². The molecule has 8 heteroatoms. The maximum atomic E-state index is 11.8. The minimum Gasteiger partial charge on any atom is -0.352 e. The van der Waals surface area contributed by atoms with E-state index in [0.717, 1.165) is 31.0 Å². The topological polar surface area (TPSA) is 74.6 Å². The second kappa shape index (κ2) is 10.4. The van der Waals surface area contributed by atoms with Gasteiger partial charge in [0.2, 0.25) is 0 Å². The molecule has 28 heavy (non-hydrogen) atoms. The Balaban J connectivity index is 0.00000280. The number of carbonyl (C=O) groups is 1. The van der Waals surface area contributed by atoms with E-state index in [2.05, 4.69) is 31.8 Å². The van der Waals surface area contributed by atoms with E-state index in [4.69, 9.17) is 0 Å². The first-order chi connectivity index (χ1) is 13.1. The van der Waals surface area contributed by atoms with E-state index in [0.29, 0.717) is 24.6 Å². The number of rotatable bonds is 5. The Morgan fingerprint density at radius 2 is 2.04 bits per heavy atom. The van der Waals surface area contributed by atoms with Gasteiger partial charge in [-0.1, -0.05) is 12.1 Å². The number of halogens is 1. The zero-order valence-corrected chi connectivity index (χ0v) is 19.0. The van der Waals surface area contributed by atoms with E-state index in [1.165, 1.54) is 5.56 Å². The molecule has 7 nitrogen and oxygen atoms in total. The van der Waals surface area contributed by atoms with Crippen LogP contribution >= 0.6 is 24.0 Å². The quantitative estimate of drug-likeness (QED) is 0.379. The lowest BCUT2D eigenvalue weighted by molar-refractivity contribution is 0.0956. The van der Waals surface area contributed by atoms with Gasteiger partial charge in [0.25, 0.3) is 5.91 Å². The Kier molecular flexibility index (Phi) is 8.28. The third-order valence-electron chi connectivity index (χ3n) is 4.90. The van der Waals surface area contributed by atoms with Gasteiger partial charge in [0.05, 0.1) is 6.20 Å². The molecular formula is C20H29IN6O. The summed E-state index contributed by atoms with van der Waals surface area (Å²) in [7, 11) is 3.77. The van der Waals surface area contributed by atoms with Gasteiger partial charge in [0.15, 0.2) is 5.96 Å². The van der Waals surface area contributed by atoms with Gasteiger partial charge in [-0.05, 0) is 36.6 Å². The Bertz CT molecular complexity index is 801. The number of amides is 1. The molecule has 1 fully saturated rings. The zero-order valence-electron chi connectivity index (χ0n) is 16.7. The molecule has 1 aromatic heterocycles. The maximum absolute atomic E-state index is 11.8. The molecule has 1 aliphatic heterocycles. The number of carbonyl (C=O) groups excluding carboxylic acids is 1. The molecule has 2 aromatic rings. The molecule has 1 aromatic carbocycles. The van der Waals surface area contributed by atoms with Crippen LogP contribution < -0.4 is 10.6 Å². The SMILES string of the molecule is CCNC(=O)c1ccc(CNC(=NC)N2CCC(c3cnn(C)c3)C2)cc1.I. The van der Waals surface area contributed by atoms with Crippen LogP contribution in [0.5, 0.6) is 0 Å². The highest BCUT2D eigenvalue weighted by Crippen LogP contribution is 2.26. The fraction of sp³-hybridized carbons (Fsp3) is 0.450. The minimum absolute atomic E-state index is 0. The molecule has 0 radical (unpaired) electrons. The minimum atomic E-state index is -0.0358. The van der Waals surface area contributed by atoms with Crippen molar-refractivity contribution < 1.29 is 4.79 Å². The number of benzene rings is 1. The van der Waals surface area contributed by atoms with Crippen molar-refractivity contribution in [3.05, 3.63) is 53.3 Å². The molecule has 152 valence electrons. The number of hydrogen-bond donors (Lipinski definition) is 2. The van der Waals surface area contributed by atoms with Crippen molar-refractivity contribution in [3.63, 3.8) is 0 Å². The normalized spacial score (nSPS) is 16.6. The van der Waals surface area contributed by atoms with E-state index in [1.54, 1.807) is 0 Å². The zero-order chi connectivity index (χ0) is 19.2. The molecule has 1 aliphatic rings. The summed E-state index contributed by atoms with van der Waals surface area (Å²) < 4.78 is 1.86. The van der Waals surface area contributed by atoms with Gasteiger partial charge in [-0.3, -0.25) is 14.5 Å². The molecule has 1 unspecified atom stereocenters. The van der Waals surface area contributed by atoms with Gasteiger partial charge >= 0.3 is 0 Å². The van der Waals surface area contributed by atoms with Crippen LogP contribution in [0.3, 0.4) is 0 Å². The maximum Gasteiger partial charge on any atom is 0.251 e. The average molecular weight is 496 g/mol. The number of aromatic nitrogens is 2. The van der Waals surface area contributed by atoms with Crippen LogP contribution in [0, 0.1) is 0 Å². The van der Waals surface area contributed by atoms with E-state index < -0.39 is 0 Å².